The van der Waals surface area contributed by atoms with E-state index in [1.54, 1.807) is 12.1 Å². The first-order chi connectivity index (χ1) is 9.97. The molecule has 0 spiro atoms. The van der Waals surface area contributed by atoms with Gasteiger partial charge in [-0.1, -0.05) is 11.6 Å². The smallest absolute Gasteiger partial charge is 0.341 e. The topological polar surface area (TPSA) is 61.8 Å². The number of hydrogen-bond acceptors (Lipinski definition) is 4. The van der Waals surface area contributed by atoms with E-state index in [4.69, 9.17) is 21.4 Å². The van der Waals surface area contributed by atoms with Crippen LogP contribution in [0.1, 0.15) is 19.4 Å². The van der Waals surface area contributed by atoms with Gasteiger partial charge in [-0.3, -0.25) is 4.90 Å². The van der Waals surface area contributed by atoms with Crippen molar-refractivity contribution in [3.63, 3.8) is 0 Å². The molecule has 0 saturated carbocycles. The summed E-state index contributed by atoms with van der Waals surface area (Å²) in [7, 11) is 0. The van der Waals surface area contributed by atoms with E-state index in [1.165, 1.54) is 0 Å². The van der Waals surface area contributed by atoms with Crippen LogP contribution in [0.4, 0.5) is 0 Å². The zero-order chi connectivity index (χ0) is 15.4. The molecule has 0 aliphatic carbocycles. The number of ether oxygens (including phenoxy) is 1. The predicted octanol–water partition coefficient (Wildman–Crippen LogP) is 1.99. The third kappa shape index (κ3) is 4.33. The summed E-state index contributed by atoms with van der Waals surface area (Å²) in [5, 5.41) is 12.8. The number of nitrogens with one attached hydrogen (secondary N) is 1. The second-order valence-corrected chi connectivity index (χ2v) is 5.82. The Morgan fingerprint density at radius 3 is 3.00 bits per heavy atom. The van der Waals surface area contributed by atoms with Gasteiger partial charge in [-0.2, -0.15) is 0 Å². The third-order valence-electron chi connectivity index (χ3n) is 3.91. The molecule has 0 radical (unpaired) electrons. The second kappa shape index (κ2) is 7.11. The molecule has 1 saturated heterocycles. The van der Waals surface area contributed by atoms with Crippen molar-refractivity contribution in [3.8, 4) is 5.75 Å². The average molecular weight is 313 g/mol. The van der Waals surface area contributed by atoms with E-state index in [0.717, 1.165) is 18.7 Å². The van der Waals surface area contributed by atoms with Crippen LogP contribution >= 0.6 is 11.6 Å². The predicted molar refractivity (Wildman–Crippen MR) is 81.9 cm³/mol. The molecule has 0 aromatic heterocycles. The first-order valence-corrected chi connectivity index (χ1v) is 7.45. The van der Waals surface area contributed by atoms with Crippen molar-refractivity contribution in [3.05, 3.63) is 28.8 Å². The lowest BCUT2D eigenvalue weighted by molar-refractivity contribution is -0.139. The molecule has 2 rings (SSSR count). The Balaban J connectivity index is 2.13. The highest BCUT2D eigenvalue weighted by Gasteiger charge is 2.25. The van der Waals surface area contributed by atoms with Gasteiger partial charge in [-0.05, 0) is 32.0 Å². The van der Waals surface area contributed by atoms with E-state index in [-0.39, 0.29) is 6.61 Å². The Labute approximate surface area is 129 Å². The van der Waals surface area contributed by atoms with Crippen LogP contribution in [0.25, 0.3) is 0 Å². The highest BCUT2D eigenvalue weighted by Crippen LogP contribution is 2.26. The lowest BCUT2D eigenvalue weighted by Crippen LogP contribution is -2.54. The number of rotatable bonds is 5. The number of benzene rings is 1. The van der Waals surface area contributed by atoms with Gasteiger partial charge < -0.3 is 15.2 Å². The van der Waals surface area contributed by atoms with E-state index < -0.39 is 5.97 Å². The van der Waals surface area contributed by atoms with Gasteiger partial charge in [-0.15, -0.1) is 0 Å². The summed E-state index contributed by atoms with van der Waals surface area (Å²) in [6, 6.07) is 6.10. The first kappa shape index (κ1) is 16.1. The highest BCUT2D eigenvalue weighted by atomic mass is 35.5. The van der Waals surface area contributed by atoms with Gasteiger partial charge in [-0.25, -0.2) is 4.79 Å². The molecular weight excluding hydrogens is 292 g/mol. The molecule has 1 aliphatic heterocycles. The van der Waals surface area contributed by atoms with Crippen molar-refractivity contribution in [2.24, 2.45) is 0 Å². The Kier molecular flexibility index (Phi) is 5.45. The summed E-state index contributed by atoms with van der Waals surface area (Å²) in [4.78, 5) is 13.0. The van der Waals surface area contributed by atoms with Gasteiger partial charge >= 0.3 is 5.97 Å². The molecule has 1 aromatic rings. The number of carboxylic acid groups (broad SMARTS) is 1. The maximum Gasteiger partial charge on any atom is 0.341 e. The van der Waals surface area contributed by atoms with Gasteiger partial charge in [0.2, 0.25) is 0 Å². The van der Waals surface area contributed by atoms with E-state index in [0.29, 0.717) is 29.4 Å². The second-order valence-electron chi connectivity index (χ2n) is 5.39. The number of piperazine rings is 1. The zero-order valence-corrected chi connectivity index (χ0v) is 13.1. The Morgan fingerprint density at radius 1 is 1.52 bits per heavy atom. The molecule has 2 unspecified atom stereocenters. The van der Waals surface area contributed by atoms with Gasteiger partial charge in [0.15, 0.2) is 6.61 Å². The Bertz CT molecular complexity index is 510. The molecule has 2 atom stereocenters. The van der Waals surface area contributed by atoms with Crippen LogP contribution in [-0.4, -0.2) is 47.8 Å². The molecule has 6 heteroatoms. The summed E-state index contributed by atoms with van der Waals surface area (Å²) >= 11 is 6.06. The van der Waals surface area contributed by atoms with Crippen molar-refractivity contribution >= 4 is 17.6 Å². The normalized spacial score (nSPS) is 23.0. The third-order valence-corrected chi connectivity index (χ3v) is 4.15. The first-order valence-electron chi connectivity index (χ1n) is 7.08. The van der Waals surface area contributed by atoms with Crippen molar-refractivity contribution in [1.82, 2.24) is 10.2 Å². The molecule has 1 fully saturated rings. The molecule has 1 aromatic carbocycles. The average Bonchev–Trinajstić information content (AvgIpc) is 2.43. The minimum absolute atomic E-state index is 0.345. The van der Waals surface area contributed by atoms with E-state index in [1.807, 2.05) is 6.07 Å². The minimum atomic E-state index is -0.986. The standard InChI is InChI=1S/C15H21ClN2O3/c1-10-11(2)18(6-5-17-10)8-12-7-13(16)3-4-14(12)21-9-15(19)20/h3-4,7,10-11,17H,5-6,8-9H2,1-2H3,(H,19,20). The van der Waals surface area contributed by atoms with Gasteiger partial charge in [0.25, 0.3) is 0 Å². The molecule has 1 aliphatic rings. The Morgan fingerprint density at radius 2 is 2.29 bits per heavy atom. The van der Waals surface area contributed by atoms with Crippen molar-refractivity contribution in [1.29, 1.82) is 0 Å². The number of aliphatic carboxylic acids is 1. The van der Waals surface area contributed by atoms with Crippen LogP contribution in [0, 0.1) is 0 Å². The van der Waals surface area contributed by atoms with Crippen molar-refractivity contribution < 1.29 is 14.6 Å². The summed E-state index contributed by atoms with van der Waals surface area (Å²) in [6.07, 6.45) is 0. The molecule has 5 nitrogen and oxygen atoms in total. The molecule has 0 amide bonds. The molecule has 2 N–H and O–H groups in total. The van der Waals surface area contributed by atoms with Crippen molar-refractivity contribution in [2.45, 2.75) is 32.5 Å². The summed E-state index contributed by atoms with van der Waals surface area (Å²) in [5.74, 6) is -0.403. The molecule has 21 heavy (non-hydrogen) atoms. The fourth-order valence-corrected chi connectivity index (χ4v) is 2.71. The van der Waals surface area contributed by atoms with Crippen LogP contribution in [0.15, 0.2) is 18.2 Å². The van der Waals surface area contributed by atoms with Gasteiger partial charge in [0.05, 0.1) is 0 Å². The summed E-state index contributed by atoms with van der Waals surface area (Å²) in [6.45, 7) is 6.58. The lowest BCUT2D eigenvalue weighted by Gasteiger charge is -2.38. The van der Waals surface area contributed by atoms with Crippen LogP contribution < -0.4 is 10.1 Å². The number of hydrogen-bond donors (Lipinski definition) is 2. The van der Waals surface area contributed by atoms with Gasteiger partial charge in [0.1, 0.15) is 5.75 Å². The van der Waals surface area contributed by atoms with Crippen LogP contribution in [0.5, 0.6) is 5.75 Å². The minimum Gasteiger partial charge on any atom is -0.482 e. The highest BCUT2D eigenvalue weighted by molar-refractivity contribution is 6.30. The lowest BCUT2D eigenvalue weighted by atomic mass is 10.1. The van der Waals surface area contributed by atoms with Crippen LogP contribution in [0.2, 0.25) is 5.02 Å². The summed E-state index contributed by atoms with van der Waals surface area (Å²) in [5.41, 5.74) is 0.921. The zero-order valence-electron chi connectivity index (χ0n) is 12.3. The number of carboxylic acids is 1. The maximum atomic E-state index is 10.7. The van der Waals surface area contributed by atoms with E-state index in [2.05, 4.69) is 24.1 Å². The fraction of sp³-hybridized carbons (Fsp3) is 0.533. The number of nitrogens with zero attached hydrogens (tertiary/aromatic N) is 1. The number of carbonyl (C=O) groups is 1. The van der Waals surface area contributed by atoms with E-state index in [9.17, 15) is 4.79 Å². The molecule has 0 bridgehead atoms. The quantitative estimate of drug-likeness (QED) is 0.870. The Hall–Kier alpha value is -1.30. The fourth-order valence-electron chi connectivity index (χ4n) is 2.52. The molecule has 116 valence electrons. The SMILES string of the molecule is CC1NCCN(Cc2cc(Cl)ccc2OCC(=O)O)C1C. The van der Waals surface area contributed by atoms with Gasteiger partial charge in [0, 0.05) is 42.3 Å². The van der Waals surface area contributed by atoms with Crippen molar-refractivity contribution in [2.75, 3.05) is 19.7 Å². The van der Waals surface area contributed by atoms with Crippen LogP contribution in [0.3, 0.4) is 0 Å². The monoisotopic (exact) mass is 312 g/mol. The molecular formula is C15H21ClN2O3. The number of halogens is 1. The van der Waals surface area contributed by atoms with Crippen LogP contribution in [-0.2, 0) is 11.3 Å². The summed E-state index contributed by atoms with van der Waals surface area (Å²) < 4.78 is 5.36. The molecule has 1 heterocycles. The largest absolute Gasteiger partial charge is 0.482 e. The van der Waals surface area contributed by atoms with E-state index >= 15 is 0 Å². The maximum absolute atomic E-state index is 10.7.